The van der Waals surface area contributed by atoms with E-state index in [4.69, 9.17) is 17.3 Å². The molecule has 2 N–H and O–H groups in total. The zero-order chi connectivity index (χ0) is 10.6. The summed E-state index contributed by atoms with van der Waals surface area (Å²) in [6, 6.07) is 6.30. The van der Waals surface area contributed by atoms with Crippen LogP contribution in [0.15, 0.2) is 18.2 Å². The number of hydrogen-bond acceptors (Lipinski definition) is 1. The Morgan fingerprint density at radius 1 is 1.43 bits per heavy atom. The Morgan fingerprint density at radius 2 is 2.14 bits per heavy atom. The highest BCUT2D eigenvalue weighted by atomic mass is 35.5. The van der Waals surface area contributed by atoms with Crippen LogP contribution in [0, 0.1) is 0 Å². The van der Waals surface area contributed by atoms with Gasteiger partial charge in [-0.2, -0.15) is 0 Å². The summed E-state index contributed by atoms with van der Waals surface area (Å²) < 4.78 is 0. The van der Waals surface area contributed by atoms with E-state index in [1.807, 2.05) is 6.07 Å². The molecule has 0 aliphatic heterocycles. The van der Waals surface area contributed by atoms with E-state index >= 15 is 0 Å². The molecule has 1 aromatic rings. The number of aryl methyl sites for hydroxylation is 1. The van der Waals surface area contributed by atoms with E-state index in [0.29, 0.717) is 12.5 Å². The van der Waals surface area contributed by atoms with Gasteiger partial charge in [-0.3, -0.25) is 0 Å². The maximum atomic E-state index is 6.17. The molecule has 0 aliphatic carbocycles. The lowest BCUT2D eigenvalue weighted by atomic mass is 9.99. The van der Waals surface area contributed by atoms with Crippen LogP contribution >= 0.6 is 11.6 Å². The number of rotatable bonds is 4. The van der Waals surface area contributed by atoms with Crippen LogP contribution in [-0.2, 0) is 6.42 Å². The molecule has 1 nitrogen and oxygen atoms in total. The molecule has 0 aliphatic rings. The minimum absolute atomic E-state index is 0.392. The largest absolute Gasteiger partial charge is 0.330 e. The maximum absolute atomic E-state index is 6.17. The predicted octanol–water partition coefficient (Wildman–Crippen LogP) is 3.35. The first kappa shape index (κ1) is 11.5. The highest BCUT2D eigenvalue weighted by Crippen LogP contribution is 2.23. The van der Waals surface area contributed by atoms with Crippen molar-refractivity contribution < 1.29 is 0 Å². The van der Waals surface area contributed by atoms with Crippen LogP contribution in [0.1, 0.15) is 37.3 Å². The molecule has 2 heteroatoms. The molecule has 1 rings (SSSR count). The molecule has 0 saturated heterocycles. The summed E-state index contributed by atoms with van der Waals surface area (Å²) in [4.78, 5) is 0. The van der Waals surface area contributed by atoms with Crippen LogP contribution in [-0.4, -0.2) is 6.54 Å². The lowest BCUT2D eigenvalue weighted by molar-refractivity contribution is 0.773. The number of nitrogens with two attached hydrogens (primary N) is 1. The third-order valence-electron chi connectivity index (χ3n) is 2.52. The fraction of sp³-hybridized carbons (Fsp3) is 0.500. The first-order valence-electron chi connectivity index (χ1n) is 5.17. The normalized spacial score (nSPS) is 12.9. The molecule has 0 fully saturated rings. The van der Waals surface area contributed by atoms with Gasteiger partial charge >= 0.3 is 0 Å². The molecule has 1 unspecified atom stereocenters. The summed E-state index contributed by atoms with van der Waals surface area (Å²) in [6.07, 6.45) is 2.18. The Morgan fingerprint density at radius 3 is 2.64 bits per heavy atom. The molecule has 1 aromatic carbocycles. The van der Waals surface area contributed by atoms with Crippen LogP contribution in [0.2, 0.25) is 5.02 Å². The van der Waals surface area contributed by atoms with Crippen molar-refractivity contribution in [2.75, 3.05) is 6.54 Å². The second-order valence-electron chi connectivity index (χ2n) is 3.74. The van der Waals surface area contributed by atoms with Crippen molar-refractivity contribution in [3.8, 4) is 0 Å². The first-order chi connectivity index (χ1) is 6.69. The highest BCUT2D eigenvalue weighted by Gasteiger charge is 2.06. The van der Waals surface area contributed by atoms with Crippen molar-refractivity contribution in [1.29, 1.82) is 0 Å². The summed E-state index contributed by atoms with van der Waals surface area (Å²) in [5, 5.41) is 0.879. The Kier molecular flexibility index (Phi) is 4.43. The Labute approximate surface area is 91.3 Å². The van der Waals surface area contributed by atoms with Crippen LogP contribution in [0.25, 0.3) is 0 Å². The van der Waals surface area contributed by atoms with E-state index in [-0.39, 0.29) is 0 Å². The molecule has 1 atom stereocenters. The number of hydrogen-bond donors (Lipinski definition) is 1. The van der Waals surface area contributed by atoms with Gasteiger partial charge in [-0.05, 0) is 36.1 Å². The second-order valence-corrected chi connectivity index (χ2v) is 4.14. The average Bonchev–Trinajstić information content (AvgIpc) is 2.20. The SMILES string of the molecule is CCCc1ccc(C(C)CN)cc1Cl. The molecule has 0 spiro atoms. The van der Waals surface area contributed by atoms with Gasteiger partial charge in [0.15, 0.2) is 0 Å². The van der Waals surface area contributed by atoms with Crippen molar-refractivity contribution >= 4 is 11.6 Å². The molecular formula is C12H18ClN. The van der Waals surface area contributed by atoms with E-state index in [9.17, 15) is 0 Å². The van der Waals surface area contributed by atoms with Gasteiger partial charge in [0, 0.05) is 5.02 Å². The minimum atomic E-state index is 0.392. The van der Waals surface area contributed by atoms with E-state index in [0.717, 1.165) is 17.9 Å². The molecule has 14 heavy (non-hydrogen) atoms. The van der Waals surface area contributed by atoms with Crippen molar-refractivity contribution in [3.63, 3.8) is 0 Å². The van der Waals surface area contributed by atoms with Gasteiger partial charge in [-0.15, -0.1) is 0 Å². The monoisotopic (exact) mass is 211 g/mol. The summed E-state index contributed by atoms with van der Waals surface area (Å²) in [7, 11) is 0. The molecule has 0 aromatic heterocycles. The van der Waals surface area contributed by atoms with Crippen LogP contribution in [0.3, 0.4) is 0 Å². The van der Waals surface area contributed by atoms with Crippen LogP contribution < -0.4 is 5.73 Å². The Balaban J connectivity index is 2.88. The molecule has 0 radical (unpaired) electrons. The third kappa shape index (κ3) is 2.73. The highest BCUT2D eigenvalue weighted by molar-refractivity contribution is 6.31. The van der Waals surface area contributed by atoms with Gasteiger partial charge in [0.25, 0.3) is 0 Å². The topological polar surface area (TPSA) is 26.0 Å². The summed E-state index contributed by atoms with van der Waals surface area (Å²) in [6.45, 7) is 4.95. The van der Waals surface area contributed by atoms with Crippen molar-refractivity contribution in [3.05, 3.63) is 34.3 Å². The minimum Gasteiger partial charge on any atom is -0.330 e. The Hall–Kier alpha value is -0.530. The van der Waals surface area contributed by atoms with Crippen molar-refractivity contribution in [1.82, 2.24) is 0 Å². The van der Waals surface area contributed by atoms with E-state index in [1.165, 1.54) is 11.1 Å². The lowest BCUT2D eigenvalue weighted by Crippen LogP contribution is -2.08. The fourth-order valence-electron chi connectivity index (χ4n) is 1.48. The van der Waals surface area contributed by atoms with Gasteiger partial charge < -0.3 is 5.73 Å². The third-order valence-corrected chi connectivity index (χ3v) is 2.87. The summed E-state index contributed by atoms with van der Waals surface area (Å²) in [5.74, 6) is 0.392. The van der Waals surface area contributed by atoms with Gasteiger partial charge in [0.2, 0.25) is 0 Å². The van der Waals surface area contributed by atoms with Crippen LogP contribution in [0.5, 0.6) is 0 Å². The van der Waals surface area contributed by atoms with E-state index in [2.05, 4.69) is 26.0 Å². The maximum Gasteiger partial charge on any atom is 0.0440 e. The molecule has 0 amide bonds. The molecule has 0 bridgehead atoms. The van der Waals surface area contributed by atoms with E-state index in [1.54, 1.807) is 0 Å². The lowest BCUT2D eigenvalue weighted by Gasteiger charge is -2.11. The van der Waals surface area contributed by atoms with E-state index < -0.39 is 0 Å². The molecule has 0 heterocycles. The van der Waals surface area contributed by atoms with Gasteiger partial charge in [-0.25, -0.2) is 0 Å². The quantitative estimate of drug-likeness (QED) is 0.812. The summed E-state index contributed by atoms with van der Waals surface area (Å²) >= 11 is 6.17. The van der Waals surface area contributed by atoms with Crippen LogP contribution in [0.4, 0.5) is 0 Å². The fourth-order valence-corrected chi connectivity index (χ4v) is 1.76. The zero-order valence-electron chi connectivity index (χ0n) is 8.89. The number of halogens is 1. The average molecular weight is 212 g/mol. The van der Waals surface area contributed by atoms with Crippen molar-refractivity contribution in [2.45, 2.75) is 32.6 Å². The van der Waals surface area contributed by atoms with Gasteiger partial charge in [0.1, 0.15) is 0 Å². The smallest absolute Gasteiger partial charge is 0.0440 e. The molecular weight excluding hydrogens is 194 g/mol. The molecule has 78 valence electrons. The standard InChI is InChI=1S/C12H18ClN/c1-3-4-10-5-6-11(7-12(10)13)9(2)8-14/h5-7,9H,3-4,8,14H2,1-2H3. The zero-order valence-corrected chi connectivity index (χ0v) is 9.64. The number of benzene rings is 1. The summed E-state index contributed by atoms with van der Waals surface area (Å²) in [5.41, 5.74) is 8.08. The molecule has 0 saturated carbocycles. The van der Waals surface area contributed by atoms with Crippen molar-refractivity contribution in [2.24, 2.45) is 5.73 Å². The second kappa shape index (κ2) is 5.38. The van der Waals surface area contributed by atoms with Gasteiger partial charge in [-0.1, -0.05) is 44.0 Å². The predicted molar refractivity (Wildman–Crippen MR) is 62.9 cm³/mol. The Bertz CT molecular complexity index is 296. The van der Waals surface area contributed by atoms with Gasteiger partial charge in [0.05, 0.1) is 0 Å². The first-order valence-corrected chi connectivity index (χ1v) is 5.55.